The van der Waals surface area contributed by atoms with E-state index in [4.69, 9.17) is 0 Å². The molecule has 2 heterocycles. The van der Waals surface area contributed by atoms with Crippen LogP contribution < -0.4 is 5.32 Å². The van der Waals surface area contributed by atoms with Crippen LogP contribution in [0.15, 0.2) is 48.7 Å². The maximum absolute atomic E-state index is 12.3. The van der Waals surface area contributed by atoms with E-state index in [2.05, 4.69) is 46.4 Å². The summed E-state index contributed by atoms with van der Waals surface area (Å²) in [6.45, 7) is 4.05. The van der Waals surface area contributed by atoms with Crippen molar-refractivity contribution in [2.45, 2.75) is 32.4 Å². The van der Waals surface area contributed by atoms with Crippen molar-refractivity contribution < 1.29 is 4.79 Å². The normalized spacial score (nSPS) is 17.5. The van der Waals surface area contributed by atoms with Crippen molar-refractivity contribution in [3.63, 3.8) is 0 Å². The molecule has 4 heteroatoms. The van der Waals surface area contributed by atoms with Crippen molar-refractivity contribution in [3.05, 3.63) is 65.5 Å². The van der Waals surface area contributed by atoms with Crippen LogP contribution in [0.5, 0.6) is 0 Å². The number of rotatable bonds is 5. The van der Waals surface area contributed by atoms with Gasteiger partial charge in [0.05, 0.1) is 18.8 Å². The summed E-state index contributed by atoms with van der Waals surface area (Å²) in [5.74, 6) is 0.0634. The molecule has 0 saturated heterocycles. The van der Waals surface area contributed by atoms with Crippen LogP contribution in [0, 0.1) is 0 Å². The van der Waals surface area contributed by atoms with Crippen molar-refractivity contribution in [2.24, 2.45) is 0 Å². The first-order valence-electron chi connectivity index (χ1n) is 8.26. The minimum Gasteiger partial charge on any atom is -0.349 e. The summed E-state index contributed by atoms with van der Waals surface area (Å²) in [5.41, 5.74) is 3.68. The van der Waals surface area contributed by atoms with Crippen LogP contribution in [0.2, 0.25) is 0 Å². The molecule has 1 aliphatic heterocycles. The van der Waals surface area contributed by atoms with Crippen molar-refractivity contribution in [2.75, 3.05) is 13.1 Å². The molecule has 3 rings (SSSR count). The van der Waals surface area contributed by atoms with Gasteiger partial charge in [-0.3, -0.25) is 14.7 Å². The summed E-state index contributed by atoms with van der Waals surface area (Å²) in [7, 11) is 0. The molecular weight excluding hydrogens is 286 g/mol. The molecular formula is C19H23N3O. The van der Waals surface area contributed by atoms with Crippen molar-refractivity contribution in [1.82, 2.24) is 15.2 Å². The van der Waals surface area contributed by atoms with Crippen LogP contribution in [-0.2, 0) is 17.8 Å². The van der Waals surface area contributed by atoms with Crippen molar-refractivity contribution in [3.8, 4) is 0 Å². The number of fused-ring (bicyclic) bond motifs is 1. The molecule has 0 fully saturated rings. The zero-order valence-electron chi connectivity index (χ0n) is 13.5. The smallest absolute Gasteiger partial charge is 0.234 e. The number of aromatic nitrogens is 1. The van der Waals surface area contributed by atoms with Gasteiger partial charge >= 0.3 is 0 Å². The Labute approximate surface area is 137 Å². The Morgan fingerprint density at radius 2 is 2.09 bits per heavy atom. The van der Waals surface area contributed by atoms with E-state index in [1.165, 1.54) is 11.1 Å². The first-order valence-corrected chi connectivity index (χ1v) is 8.26. The molecule has 0 aliphatic carbocycles. The average Bonchev–Trinajstić information content (AvgIpc) is 2.60. The zero-order valence-corrected chi connectivity index (χ0v) is 13.5. The van der Waals surface area contributed by atoms with Gasteiger partial charge in [0.15, 0.2) is 0 Å². The van der Waals surface area contributed by atoms with Gasteiger partial charge in [-0.2, -0.15) is 0 Å². The Kier molecular flexibility index (Phi) is 5.03. The van der Waals surface area contributed by atoms with Crippen LogP contribution in [-0.4, -0.2) is 28.9 Å². The van der Waals surface area contributed by atoms with Crippen LogP contribution in [0.1, 0.15) is 36.2 Å². The summed E-state index contributed by atoms with van der Waals surface area (Å²) >= 11 is 0. The summed E-state index contributed by atoms with van der Waals surface area (Å²) in [6.07, 6.45) is 3.78. The molecule has 0 spiro atoms. The lowest BCUT2D eigenvalue weighted by molar-refractivity contribution is -0.123. The fourth-order valence-corrected chi connectivity index (χ4v) is 3.30. The molecule has 1 atom stereocenters. The molecule has 1 aromatic heterocycles. The summed E-state index contributed by atoms with van der Waals surface area (Å²) in [6, 6.07) is 14.7. The first-order chi connectivity index (χ1) is 11.3. The molecule has 1 N–H and O–H groups in total. The van der Waals surface area contributed by atoms with E-state index in [1.54, 1.807) is 6.20 Å². The van der Waals surface area contributed by atoms with E-state index in [1.807, 2.05) is 18.2 Å². The third-order valence-electron chi connectivity index (χ3n) is 4.45. The molecule has 4 nitrogen and oxygen atoms in total. The number of carbonyl (C=O) groups is 1. The largest absolute Gasteiger partial charge is 0.349 e. The molecule has 0 radical (unpaired) electrons. The van der Waals surface area contributed by atoms with Gasteiger partial charge in [0, 0.05) is 18.8 Å². The van der Waals surface area contributed by atoms with Gasteiger partial charge in [-0.05, 0) is 36.1 Å². The standard InChI is InChI=1S/C19H23N3O/c1-2-18-17-9-4-3-7-15(17)10-12-22(18)14-19(23)21-13-16-8-5-6-11-20-16/h3-9,11,18H,2,10,12-14H2,1H3,(H,21,23). The first kappa shape index (κ1) is 15.7. The second kappa shape index (κ2) is 7.38. The summed E-state index contributed by atoms with van der Waals surface area (Å²) in [5, 5.41) is 2.97. The Bertz CT molecular complexity index is 657. The number of hydrogen-bond acceptors (Lipinski definition) is 3. The molecule has 120 valence electrons. The van der Waals surface area contributed by atoms with Gasteiger partial charge in [0.2, 0.25) is 5.91 Å². The topological polar surface area (TPSA) is 45.2 Å². The molecule has 0 bridgehead atoms. The number of nitrogens with zero attached hydrogens (tertiary/aromatic N) is 2. The van der Waals surface area contributed by atoms with Gasteiger partial charge < -0.3 is 5.32 Å². The molecule has 1 aliphatic rings. The highest BCUT2D eigenvalue weighted by atomic mass is 16.2. The van der Waals surface area contributed by atoms with Crippen LogP contribution in [0.4, 0.5) is 0 Å². The fraction of sp³-hybridized carbons (Fsp3) is 0.368. The Morgan fingerprint density at radius 3 is 2.87 bits per heavy atom. The number of carbonyl (C=O) groups excluding carboxylic acids is 1. The van der Waals surface area contributed by atoms with Crippen molar-refractivity contribution >= 4 is 5.91 Å². The summed E-state index contributed by atoms with van der Waals surface area (Å²) < 4.78 is 0. The zero-order chi connectivity index (χ0) is 16.1. The van der Waals surface area contributed by atoms with Crippen LogP contribution in [0.25, 0.3) is 0 Å². The second-order valence-electron chi connectivity index (χ2n) is 5.94. The summed E-state index contributed by atoms with van der Waals surface area (Å²) in [4.78, 5) is 18.8. The molecule has 1 unspecified atom stereocenters. The maximum Gasteiger partial charge on any atom is 0.234 e. The number of pyridine rings is 1. The Balaban J connectivity index is 1.60. The predicted molar refractivity (Wildman–Crippen MR) is 90.8 cm³/mol. The highest BCUT2D eigenvalue weighted by Gasteiger charge is 2.26. The lowest BCUT2D eigenvalue weighted by Gasteiger charge is -2.36. The minimum atomic E-state index is 0.0634. The van der Waals surface area contributed by atoms with Crippen LogP contribution in [0.3, 0.4) is 0 Å². The van der Waals surface area contributed by atoms with E-state index < -0.39 is 0 Å². The Morgan fingerprint density at radius 1 is 1.26 bits per heavy atom. The lowest BCUT2D eigenvalue weighted by Crippen LogP contribution is -2.42. The van der Waals surface area contributed by atoms with Gasteiger partial charge in [-0.15, -0.1) is 0 Å². The quantitative estimate of drug-likeness (QED) is 0.923. The maximum atomic E-state index is 12.3. The highest BCUT2D eigenvalue weighted by Crippen LogP contribution is 2.31. The van der Waals surface area contributed by atoms with E-state index >= 15 is 0 Å². The highest BCUT2D eigenvalue weighted by molar-refractivity contribution is 5.78. The van der Waals surface area contributed by atoms with E-state index in [9.17, 15) is 4.79 Å². The molecule has 2 aromatic rings. The number of amides is 1. The molecule has 1 amide bonds. The van der Waals surface area contributed by atoms with E-state index in [0.717, 1.165) is 25.1 Å². The van der Waals surface area contributed by atoms with Crippen LogP contribution >= 0.6 is 0 Å². The monoisotopic (exact) mass is 309 g/mol. The minimum absolute atomic E-state index is 0.0634. The molecule has 1 aromatic carbocycles. The van der Waals surface area contributed by atoms with Gasteiger partial charge in [-0.1, -0.05) is 37.3 Å². The lowest BCUT2D eigenvalue weighted by atomic mass is 9.91. The van der Waals surface area contributed by atoms with Gasteiger partial charge in [-0.25, -0.2) is 0 Å². The predicted octanol–water partition coefficient (Wildman–Crippen LogP) is 2.71. The third kappa shape index (κ3) is 3.77. The second-order valence-corrected chi connectivity index (χ2v) is 5.94. The fourth-order valence-electron chi connectivity index (χ4n) is 3.30. The third-order valence-corrected chi connectivity index (χ3v) is 4.45. The van der Waals surface area contributed by atoms with Gasteiger partial charge in [0.1, 0.15) is 0 Å². The number of nitrogens with one attached hydrogen (secondary N) is 1. The van der Waals surface area contributed by atoms with Crippen molar-refractivity contribution in [1.29, 1.82) is 0 Å². The van der Waals surface area contributed by atoms with E-state index in [-0.39, 0.29) is 5.91 Å². The SMILES string of the molecule is CCC1c2ccccc2CCN1CC(=O)NCc1ccccn1. The van der Waals surface area contributed by atoms with Gasteiger partial charge in [0.25, 0.3) is 0 Å². The Hall–Kier alpha value is -2.20. The average molecular weight is 309 g/mol. The van der Waals surface area contributed by atoms with E-state index in [0.29, 0.717) is 19.1 Å². The number of benzene rings is 1. The number of hydrogen-bond donors (Lipinski definition) is 1. The molecule has 23 heavy (non-hydrogen) atoms. The molecule has 0 saturated carbocycles.